The Morgan fingerprint density at radius 1 is 1.15 bits per heavy atom. The summed E-state index contributed by atoms with van der Waals surface area (Å²) in [6.45, 7) is 10.6. The van der Waals surface area contributed by atoms with Crippen molar-refractivity contribution < 1.29 is 9.53 Å². The molecule has 0 spiro atoms. The van der Waals surface area contributed by atoms with Crippen molar-refractivity contribution in [3.05, 3.63) is 64.7 Å². The summed E-state index contributed by atoms with van der Waals surface area (Å²) < 4.78 is 5.85. The maximum absolute atomic E-state index is 12.4. The number of fused-ring (bicyclic) bond motifs is 1. The highest BCUT2D eigenvalue weighted by Crippen LogP contribution is 2.26. The minimum atomic E-state index is -0.540. The lowest BCUT2D eigenvalue weighted by Gasteiger charge is -2.21. The smallest absolute Gasteiger partial charge is 0.261 e. The van der Waals surface area contributed by atoms with Crippen LogP contribution in [0.1, 0.15) is 49.9 Å². The van der Waals surface area contributed by atoms with Gasteiger partial charge in [0.1, 0.15) is 5.75 Å². The minimum Gasteiger partial charge on any atom is -0.481 e. The molecule has 0 saturated carbocycles. The SMILES string of the molecule is CC(Oc1cccc(C(C)(C)C)c1)C(=O)NCc1ccc2c(c1)CNC2. The van der Waals surface area contributed by atoms with Crippen molar-refractivity contribution in [1.29, 1.82) is 0 Å². The predicted molar refractivity (Wildman–Crippen MR) is 104 cm³/mol. The van der Waals surface area contributed by atoms with Gasteiger partial charge in [0.25, 0.3) is 5.91 Å². The van der Waals surface area contributed by atoms with E-state index < -0.39 is 6.10 Å². The summed E-state index contributed by atoms with van der Waals surface area (Å²) in [5.74, 6) is 0.619. The number of hydrogen-bond acceptors (Lipinski definition) is 3. The quantitative estimate of drug-likeness (QED) is 0.863. The van der Waals surface area contributed by atoms with E-state index in [1.54, 1.807) is 6.92 Å². The van der Waals surface area contributed by atoms with Crippen LogP contribution in [-0.4, -0.2) is 12.0 Å². The Hall–Kier alpha value is -2.33. The maximum atomic E-state index is 12.4. The van der Waals surface area contributed by atoms with Crippen LogP contribution >= 0.6 is 0 Å². The molecule has 0 saturated heterocycles. The lowest BCUT2D eigenvalue weighted by Crippen LogP contribution is -2.36. The second-order valence-corrected chi connectivity index (χ2v) is 7.96. The van der Waals surface area contributed by atoms with Crippen LogP contribution in [0.2, 0.25) is 0 Å². The molecule has 0 aliphatic carbocycles. The number of carbonyl (C=O) groups is 1. The Morgan fingerprint density at radius 3 is 2.69 bits per heavy atom. The van der Waals surface area contributed by atoms with Gasteiger partial charge in [0.05, 0.1) is 0 Å². The molecule has 1 unspecified atom stereocenters. The van der Waals surface area contributed by atoms with Crippen LogP contribution in [0.4, 0.5) is 0 Å². The first kappa shape index (κ1) is 18.5. The van der Waals surface area contributed by atoms with E-state index in [2.05, 4.69) is 55.7 Å². The molecule has 2 aromatic rings. The van der Waals surface area contributed by atoms with Gasteiger partial charge in [0.2, 0.25) is 0 Å². The number of carbonyl (C=O) groups excluding carboxylic acids is 1. The molecule has 2 aromatic carbocycles. The highest BCUT2D eigenvalue weighted by atomic mass is 16.5. The molecule has 2 N–H and O–H groups in total. The number of ether oxygens (including phenoxy) is 1. The van der Waals surface area contributed by atoms with Crippen LogP contribution in [0, 0.1) is 0 Å². The topological polar surface area (TPSA) is 50.4 Å². The van der Waals surface area contributed by atoms with Crippen molar-refractivity contribution >= 4 is 5.91 Å². The molecule has 0 fully saturated rings. The number of hydrogen-bond donors (Lipinski definition) is 2. The van der Waals surface area contributed by atoms with Crippen molar-refractivity contribution in [2.24, 2.45) is 0 Å². The van der Waals surface area contributed by atoms with Gasteiger partial charge in [0, 0.05) is 19.6 Å². The molecule has 1 aliphatic heterocycles. The zero-order valence-corrected chi connectivity index (χ0v) is 16.1. The van der Waals surface area contributed by atoms with Gasteiger partial charge in [-0.15, -0.1) is 0 Å². The third kappa shape index (κ3) is 4.44. The second kappa shape index (κ2) is 7.50. The van der Waals surface area contributed by atoms with Crippen LogP contribution in [0.3, 0.4) is 0 Å². The Bertz CT molecular complexity index is 793. The van der Waals surface area contributed by atoms with E-state index in [-0.39, 0.29) is 11.3 Å². The van der Waals surface area contributed by atoms with Gasteiger partial charge in [-0.25, -0.2) is 0 Å². The highest BCUT2D eigenvalue weighted by Gasteiger charge is 2.18. The number of benzene rings is 2. The summed E-state index contributed by atoms with van der Waals surface area (Å²) in [6, 6.07) is 14.3. The first-order valence-electron chi connectivity index (χ1n) is 9.19. The third-order valence-corrected chi connectivity index (χ3v) is 4.75. The summed E-state index contributed by atoms with van der Waals surface area (Å²) in [7, 11) is 0. The Balaban J connectivity index is 1.56. The Labute approximate surface area is 156 Å². The molecule has 26 heavy (non-hydrogen) atoms. The van der Waals surface area contributed by atoms with E-state index in [0.717, 1.165) is 24.4 Å². The molecule has 1 aliphatic rings. The summed E-state index contributed by atoms with van der Waals surface area (Å²) in [6.07, 6.45) is -0.540. The molecule has 0 bridgehead atoms. The second-order valence-electron chi connectivity index (χ2n) is 7.96. The fourth-order valence-corrected chi connectivity index (χ4v) is 3.08. The van der Waals surface area contributed by atoms with E-state index in [9.17, 15) is 4.79 Å². The van der Waals surface area contributed by atoms with Crippen molar-refractivity contribution in [3.63, 3.8) is 0 Å². The predicted octanol–water partition coefficient (Wildman–Crippen LogP) is 3.67. The number of amides is 1. The zero-order chi connectivity index (χ0) is 18.7. The zero-order valence-electron chi connectivity index (χ0n) is 16.1. The molecule has 4 nitrogen and oxygen atoms in total. The van der Waals surface area contributed by atoms with E-state index in [4.69, 9.17) is 4.74 Å². The van der Waals surface area contributed by atoms with Crippen LogP contribution < -0.4 is 15.4 Å². The fourth-order valence-electron chi connectivity index (χ4n) is 3.08. The Kier molecular flexibility index (Phi) is 5.33. The summed E-state index contributed by atoms with van der Waals surface area (Å²) in [4.78, 5) is 12.4. The van der Waals surface area contributed by atoms with Crippen LogP contribution in [-0.2, 0) is 29.8 Å². The average Bonchev–Trinajstić information content (AvgIpc) is 3.06. The molecule has 0 aromatic heterocycles. The molecule has 138 valence electrons. The monoisotopic (exact) mass is 352 g/mol. The van der Waals surface area contributed by atoms with Gasteiger partial charge in [-0.05, 0) is 46.7 Å². The van der Waals surface area contributed by atoms with Gasteiger partial charge >= 0.3 is 0 Å². The van der Waals surface area contributed by atoms with Crippen LogP contribution in [0.25, 0.3) is 0 Å². The van der Waals surface area contributed by atoms with Crippen molar-refractivity contribution in [1.82, 2.24) is 10.6 Å². The molecule has 0 radical (unpaired) electrons. The molecule has 3 rings (SSSR count). The van der Waals surface area contributed by atoms with Crippen molar-refractivity contribution in [3.8, 4) is 5.75 Å². The third-order valence-electron chi connectivity index (χ3n) is 4.75. The van der Waals surface area contributed by atoms with Gasteiger partial charge in [-0.1, -0.05) is 51.1 Å². The van der Waals surface area contributed by atoms with Crippen molar-refractivity contribution in [2.75, 3.05) is 0 Å². The van der Waals surface area contributed by atoms with Gasteiger partial charge < -0.3 is 15.4 Å². The van der Waals surface area contributed by atoms with E-state index in [1.807, 2.05) is 18.2 Å². The van der Waals surface area contributed by atoms with Crippen LogP contribution in [0.15, 0.2) is 42.5 Å². The summed E-state index contributed by atoms with van der Waals surface area (Å²) >= 11 is 0. The fraction of sp³-hybridized carbons (Fsp3) is 0.409. The summed E-state index contributed by atoms with van der Waals surface area (Å²) in [5, 5.41) is 6.30. The lowest BCUT2D eigenvalue weighted by atomic mass is 9.87. The molecule has 1 amide bonds. The minimum absolute atomic E-state index is 0.0489. The number of nitrogens with one attached hydrogen (secondary N) is 2. The normalized spacial score (nSPS) is 14.6. The van der Waals surface area contributed by atoms with Crippen LogP contribution in [0.5, 0.6) is 5.75 Å². The maximum Gasteiger partial charge on any atom is 0.261 e. The molecule has 1 atom stereocenters. The summed E-state index contributed by atoms with van der Waals surface area (Å²) in [5.41, 5.74) is 5.01. The van der Waals surface area contributed by atoms with E-state index in [0.29, 0.717) is 6.54 Å². The largest absolute Gasteiger partial charge is 0.481 e. The first-order valence-corrected chi connectivity index (χ1v) is 9.19. The Morgan fingerprint density at radius 2 is 1.92 bits per heavy atom. The molecule has 4 heteroatoms. The van der Waals surface area contributed by atoms with Gasteiger partial charge in [0.15, 0.2) is 6.10 Å². The molecular weight excluding hydrogens is 324 g/mol. The van der Waals surface area contributed by atoms with Gasteiger partial charge in [-0.2, -0.15) is 0 Å². The van der Waals surface area contributed by atoms with Crippen molar-refractivity contribution in [2.45, 2.75) is 58.8 Å². The van der Waals surface area contributed by atoms with Gasteiger partial charge in [-0.3, -0.25) is 4.79 Å². The van der Waals surface area contributed by atoms with E-state index in [1.165, 1.54) is 16.7 Å². The standard InChI is InChI=1S/C22H28N2O2/c1-15(26-20-7-5-6-19(11-20)22(2,3)4)21(25)24-12-16-8-9-17-13-23-14-18(17)10-16/h5-11,15,23H,12-14H2,1-4H3,(H,24,25). The lowest BCUT2D eigenvalue weighted by molar-refractivity contribution is -0.127. The average molecular weight is 352 g/mol. The molecular formula is C22H28N2O2. The first-order chi connectivity index (χ1) is 12.3. The highest BCUT2D eigenvalue weighted by molar-refractivity contribution is 5.80. The molecule has 1 heterocycles. The van der Waals surface area contributed by atoms with E-state index >= 15 is 0 Å². The number of rotatable bonds is 5.